The van der Waals surface area contributed by atoms with E-state index in [4.69, 9.17) is 23.0 Å². The lowest BCUT2D eigenvalue weighted by Gasteiger charge is -2.12. The summed E-state index contributed by atoms with van der Waals surface area (Å²) in [7, 11) is 1.58. The Kier molecular flexibility index (Phi) is 8.04. The van der Waals surface area contributed by atoms with Gasteiger partial charge in [-0.15, -0.1) is 5.10 Å². The summed E-state index contributed by atoms with van der Waals surface area (Å²) in [4.78, 5) is 4.48. The lowest BCUT2D eigenvalue weighted by molar-refractivity contribution is 0.275. The maximum Gasteiger partial charge on any atom is 0.263 e. The Hall–Kier alpha value is -4.41. The molecule has 10 heteroatoms. The van der Waals surface area contributed by atoms with Crippen LogP contribution in [0.25, 0.3) is 23.4 Å². The van der Waals surface area contributed by atoms with Crippen molar-refractivity contribution in [1.29, 1.82) is 0 Å². The van der Waals surface area contributed by atoms with Crippen molar-refractivity contribution in [3.05, 3.63) is 101 Å². The molecular weight excluding hydrogens is 518 g/mol. The lowest BCUT2D eigenvalue weighted by atomic mass is 10.2. The normalized spacial score (nSPS) is 12.1. The van der Waals surface area contributed by atoms with Gasteiger partial charge >= 0.3 is 0 Å². The molecule has 0 aliphatic carbocycles. The Morgan fingerprint density at radius 1 is 1.03 bits per heavy atom. The number of hydrogen-bond donors (Lipinski definition) is 0. The molecule has 200 valence electrons. The van der Waals surface area contributed by atoms with Crippen molar-refractivity contribution in [3.8, 4) is 34.7 Å². The minimum atomic E-state index is -1.10. The Labute approximate surface area is 228 Å². The maximum absolute atomic E-state index is 11.6. The number of hydrogen-bond acceptors (Lipinski definition) is 8. The van der Waals surface area contributed by atoms with Gasteiger partial charge in [-0.1, -0.05) is 24.3 Å². The van der Waals surface area contributed by atoms with E-state index in [0.717, 1.165) is 16.8 Å². The first-order chi connectivity index (χ1) is 19.0. The molecule has 1 atom stereocenters. The van der Waals surface area contributed by atoms with Crippen molar-refractivity contribution in [1.82, 2.24) is 14.8 Å². The molecule has 2 aromatic carbocycles. The summed E-state index contributed by atoms with van der Waals surface area (Å²) in [6, 6.07) is 18.8. The van der Waals surface area contributed by atoms with Crippen LogP contribution in [0.15, 0.2) is 87.4 Å². The van der Waals surface area contributed by atoms with Gasteiger partial charge in [-0.05, 0) is 66.1 Å². The molecular formula is C29H27N3O6S. The van der Waals surface area contributed by atoms with Crippen molar-refractivity contribution in [2.45, 2.75) is 20.1 Å². The fourth-order valence-corrected chi connectivity index (χ4v) is 4.10. The topological polar surface area (TPSA) is 108 Å². The largest absolute Gasteiger partial charge is 0.612 e. The highest BCUT2D eigenvalue weighted by atomic mass is 32.2. The molecule has 5 rings (SSSR count). The van der Waals surface area contributed by atoms with Gasteiger partial charge in [0.2, 0.25) is 5.88 Å². The van der Waals surface area contributed by atoms with Gasteiger partial charge in [0.25, 0.3) is 5.89 Å². The van der Waals surface area contributed by atoms with Crippen LogP contribution in [-0.2, 0) is 24.4 Å². The zero-order valence-electron chi connectivity index (χ0n) is 21.7. The van der Waals surface area contributed by atoms with Crippen molar-refractivity contribution >= 4 is 17.3 Å². The summed E-state index contributed by atoms with van der Waals surface area (Å²) in [6.07, 6.45) is 6.77. The highest BCUT2D eigenvalue weighted by Gasteiger charge is 2.16. The number of oxazole rings is 1. The number of para-hydroxylation sites is 1. The van der Waals surface area contributed by atoms with Crippen LogP contribution in [0, 0.1) is 6.92 Å². The van der Waals surface area contributed by atoms with Crippen molar-refractivity contribution < 1.29 is 27.6 Å². The van der Waals surface area contributed by atoms with Gasteiger partial charge in [0.1, 0.15) is 30.1 Å². The SMILES string of the molecule is COc1cc(COc2nn(-c3ccccc3)cc2C=C[S+](C)[O-])ccc1OCc1nc(-c2ccco2)oc1C. The average Bonchev–Trinajstić information content (AvgIpc) is 3.70. The zero-order valence-corrected chi connectivity index (χ0v) is 22.5. The summed E-state index contributed by atoms with van der Waals surface area (Å²) in [5.74, 6) is 3.15. The van der Waals surface area contributed by atoms with Crippen LogP contribution in [0.2, 0.25) is 0 Å². The van der Waals surface area contributed by atoms with Crippen LogP contribution >= 0.6 is 0 Å². The number of benzene rings is 2. The summed E-state index contributed by atoms with van der Waals surface area (Å²) in [6.45, 7) is 2.28. The van der Waals surface area contributed by atoms with Gasteiger partial charge in [0.05, 0.1) is 30.9 Å². The minimum absolute atomic E-state index is 0.202. The molecule has 0 amide bonds. The third-order valence-electron chi connectivity index (χ3n) is 5.76. The number of methoxy groups -OCH3 is 1. The third kappa shape index (κ3) is 6.36. The van der Waals surface area contributed by atoms with Crippen LogP contribution in [-0.4, -0.2) is 32.7 Å². The second-order valence-electron chi connectivity index (χ2n) is 8.53. The molecule has 0 aliphatic heterocycles. The average molecular weight is 546 g/mol. The molecule has 0 aliphatic rings. The molecule has 3 aromatic heterocycles. The molecule has 0 bridgehead atoms. The van der Waals surface area contributed by atoms with Crippen molar-refractivity contribution in [3.63, 3.8) is 0 Å². The van der Waals surface area contributed by atoms with E-state index in [1.54, 1.807) is 47.9 Å². The first-order valence-electron chi connectivity index (χ1n) is 12.1. The predicted molar refractivity (Wildman–Crippen MR) is 147 cm³/mol. The minimum Gasteiger partial charge on any atom is -0.612 e. The van der Waals surface area contributed by atoms with Crippen LogP contribution in [0.1, 0.15) is 22.6 Å². The number of nitrogens with zero attached hydrogens (tertiary/aromatic N) is 3. The predicted octanol–water partition coefficient (Wildman–Crippen LogP) is 5.94. The van der Waals surface area contributed by atoms with Crippen LogP contribution in [0.3, 0.4) is 0 Å². The molecule has 0 spiro atoms. The molecule has 0 N–H and O–H groups in total. The second-order valence-corrected chi connectivity index (χ2v) is 9.80. The Morgan fingerprint density at radius 2 is 1.87 bits per heavy atom. The van der Waals surface area contributed by atoms with Gasteiger partial charge in [-0.25, -0.2) is 9.67 Å². The molecule has 5 aromatic rings. The van der Waals surface area contributed by atoms with Gasteiger partial charge in [-0.3, -0.25) is 0 Å². The van der Waals surface area contributed by atoms with E-state index in [9.17, 15) is 4.55 Å². The lowest BCUT2D eigenvalue weighted by Crippen LogP contribution is -2.02. The first-order valence-corrected chi connectivity index (χ1v) is 13.7. The summed E-state index contributed by atoms with van der Waals surface area (Å²) in [5.41, 5.74) is 3.14. The number of rotatable bonds is 11. The molecule has 0 saturated carbocycles. The Morgan fingerprint density at radius 3 is 2.62 bits per heavy atom. The molecule has 0 radical (unpaired) electrons. The van der Waals surface area contributed by atoms with E-state index in [-0.39, 0.29) is 13.2 Å². The van der Waals surface area contributed by atoms with Crippen LogP contribution in [0.4, 0.5) is 0 Å². The van der Waals surface area contributed by atoms with Gasteiger partial charge in [0.15, 0.2) is 17.3 Å². The highest BCUT2D eigenvalue weighted by molar-refractivity contribution is 7.93. The molecule has 0 saturated heterocycles. The number of furan rings is 1. The quantitative estimate of drug-likeness (QED) is 0.188. The van der Waals surface area contributed by atoms with Gasteiger partial charge in [-0.2, -0.15) is 0 Å². The van der Waals surface area contributed by atoms with Crippen LogP contribution < -0.4 is 14.2 Å². The first kappa shape index (κ1) is 26.2. The van der Waals surface area contributed by atoms with E-state index >= 15 is 0 Å². The van der Waals surface area contributed by atoms with E-state index in [1.807, 2.05) is 61.7 Å². The highest BCUT2D eigenvalue weighted by Crippen LogP contribution is 2.31. The van der Waals surface area contributed by atoms with Crippen LogP contribution in [0.5, 0.6) is 17.4 Å². The fourth-order valence-electron chi connectivity index (χ4n) is 3.77. The van der Waals surface area contributed by atoms with Crippen molar-refractivity contribution in [2.75, 3.05) is 13.4 Å². The van der Waals surface area contributed by atoms with E-state index in [0.29, 0.717) is 40.5 Å². The number of aryl methyl sites for hydroxylation is 1. The molecule has 1 unspecified atom stereocenters. The summed E-state index contributed by atoms with van der Waals surface area (Å²) >= 11 is -1.10. The van der Waals surface area contributed by atoms with Gasteiger partial charge in [0, 0.05) is 6.20 Å². The van der Waals surface area contributed by atoms with E-state index in [2.05, 4.69) is 10.1 Å². The summed E-state index contributed by atoms with van der Waals surface area (Å²) in [5, 5.41) is 6.19. The van der Waals surface area contributed by atoms with Gasteiger partial charge < -0.3 is 27.6 Å². The fraction of sp³-hybridized carbons (Fsp3) is 0.172. The van der Waals surface area contributed by atoms with Crippen molar-refractivity contribution in [2.24, 2.45) is 0 Å². The smallest absolute Gasteiger partial charge is 0.263 e. The standard InChI is InChI=1S/C29H27N3O6S/c1-20-24(30-29(38-20)26-10-7-14-35-26)19-36-25-12-11-21(16-27(25)34-2)18-37-28-22(13-15-39(3)33)17-32(31-28)23-8-5-4-6-9-23/h4-17H,18-19H2,1-3H3. The van der Waals surface area contributed by atoms with E-state index < -0.39 is 11.2 Å². The monoisotopic (exact) mass is 545 g/mol. The second kappa shape index (κ2) is 12.0. The molecule has 9 nitrogen and oxygen atoms in total. The molecule has 39 heavy (non-hydrogen) atoms. The zero-order chi connectivity index (χ0) is 27.2. The number of aromatic nitrogens is 3. The maximum atomic E-state index is 11.6. The van der Waals surface area contributed by atoms with E-state index in [1.165, 1.54) is 0 Å². The Bertz CT molecular complexity index is 1540. The molecule has 0 fully saturated rings. The molecule has 3 heterocycles. The summed E-state index contributed by atoms with van der Waals surface area (Å²) < 4.78 is 42.0. The number of ether oxygens (including phenoxy) is 3. The third-order valence-corrected chi connectivity index (χ3v) is 6.28. The Balaban J connectivity index is 1.28.